The van der Waals surface area contributed by atoms with Crippen LogP contribution >= 0.6 is 0 Å². The highest BCUT2D eigenvalue weighted by molar-refractivity contribution is 5.97. The lowest BCUT2D eigenvalue weighted by molar-refractivity contribution is 0.0777. The predicted molar refractivity (Wildman–Crippen MR) is 72.7 cm³/mol. The van der Waals surface area contributed by atoms with E-state index >= 15 is 0 Å². The van der Waals surface area contributed by atoms with Crippen molar-refractivity contribution < 1.29 is 4.79 Å². The normalized spacial score (nSPS) is 28.0. The first-order valence-electron chi connectivity index (χ1n) is 7.17. The quantitative estimate of drug-likeness (QED) is 0.760. The number of likely N-dealkylation sites (tertiary alicyclic amines) is 1. The Morgan fingerprint density at radius 1 is 1.11 bits per heavy atom. The van der Waals surface area contributed by atoms with Crippen molar-refractivity contribution in [2.75, 3.05) is 13.1 Å². The molecule has 2 nitrogen and oxygen atoms in total. The number of ketones is 1. The van der Waals surface area contributed by atoms with Crippen molar-refractivity contribution in [3.05, 3.63) is 35.9 Å². The minimum absolute atomic E-state index is 0.281. The van der Waals surface area contributed by atoms with Gasteiger partial charge < -0.3 is 0 Å². The minimum atomic E-state index is 0.281. The second-order valence-corrected chi connectivity index (χ2v) is 5.66. The minimum Gasteiger partial charge on any atom is -0.293 e. The maximum absolute atomic E-state index is 12.3. The van der Waals surface area contributed by atoms with E-state index in [0.29, 0.717) is 12.6 Å². The molecule has 1 aliphatic carbocycles. The zero-order valence-electron chi connectivity index (χ0n) is 10.8. The van der Waals surface area contributed by atoms with Crippen molar-refractivity contribution in [1.82, 2.24) is 4.90 Å². The summed E-state index contributed by atoms with van der Waals surface area (Å²) in [6.45, 7) is 1.73. The third kappa shape index (κ3) is 2.35. The van der Waals surface area contributed by atoms with Gasteiger partial charge in [0.1, 0.15) is 0 Å². The molecule has 1 aromatic rings. The molecule has 0 radical (unpaired) electrons. The molecule has 0 N–H and O–H groups in total. The number of piperidine rings is 1. The molecular weight excluding hydrogens is 222 g/mol. The van der Waals surface area contributed by atoms with E-state index in [4.69, 9.17) is 0 Å². The summed E-state index contributed by atoms with van der Waals surface area (Å²) in [6.07, 6.45) is 6.67. The maximum Gasteiger partial charge on any atom is 0.176 e. The van der Waals surface area contributed by atoms with Gasteiger partial charge >= 0.3 is 0 Å². The van der Waals surface area contributed by atoms with E-state index in [1.165, 1.54) is 32.1 Å². The Labute approximate surface area is 109 Å². The number of carbonyl (C=O) groups is 1. The van der Waals surface area contributed by atoms with Crippen LogP contribution in [0.25, 0.3) is 0 Å². The van der Waals surface area contributed by atoms with Crippen LogP contribution in [0.1, 0.15) is 42.5 Å². The van der Waals surface area contributed by atoms with Crippen LogP contribution in [0.5, 0.6) is 0 Å². The van der Waals surface area contributed by atoms with Crippen molar-refractivity contribution in [2.24, 2.45) is 5.92 Å². The fourth-order valence-corrected chi connectivity index (χ4v) is 3.65. The van der Waals surface area contributed by atoms with Crippen LogP contribution in [-0.2, 0) is 0 Å². The van der Waals surface area contributed by atoms with E-state index in [1.54, 1.807) is 0 Å². The van der Waals surface area contributed by atoms with Crippen LogP contribution in [0, 0.1) is 5.92 Å². The van der Waals surface area contributed by atoms with Crippen molar-refractivity contribution in [2.45, 2.75) is 38.1 Å². The first-order chi connectivity index (χ1) is 8.84. The lowest BCUT2D eigenvalue weighted by Crippen LogP contribution is -2.45. The van der Waals surface area contributed by atoms with E-state index in [1.807, 2.05) is 30.3 Å². The summed E-state index contributed by atoms with van der Waals surface area (Å²) in [7, 11) is 0. The molecule has 1 heterocycles. The second-order valence-electron chi connectivity index (χ2n) is 5.66. The Morgan fingerprint density at radius 2 is 1.89 bits per heavy atom. The summed E-state index contributed by atoms with van der Waals surface area (Å²) in [4.78, 5) is 14.7. The van der Waals surface area contributed by atoms with Crippen LogP contribution in [0.3, 0.4) is 0 Å². The predicted octanol–water partition coefficient (Wildman–Crippen LogP) is 3.13. The van der Waals surface area contributed by atoms with Crippen LogP contribution in [0.15, 0.2) is 30.3 Å². The van der Waals surface area contributed by atoms with Crippen molar-refractivity contribution in [1.29, 1.82) is 0 Å². The highest BCUT2D eigenvalue weighted by atomic mass is 16.1. The molecule has 0 bridgehead atoms. The number of hydrogen-bond donors (Lipinski definition) is 0. The van der Waals surface area contributed by atoms with E-state index in [2.05, 4.69) is 4.90 Å². The molecule has 18 heavy (non-hydrogen) atoms. The van der Waals surface area contributed by atoms with Gasteiger partial charge in [-0.05, 0) is 38.1 Å². The van der Waals surface area contributed by atoms with Gasteiger partial charge in [0.05, 0.1) is 6.54 Å². The molecule has 2 heteroatoms. The Bertz CT molecular complexity index is 414. The summed E-state index contributed by atoms with van der Waals surface area (Å²) in [5, 5.41) is 0. The summed E-state index contributed by atoms with van der Waals surface area (Å²) < 4.78 is 0. The van der Waals surface area contributed by atoms with E-state index in [-0.39, 0.29) is 5.78 Å². The molecule has 3 rings (SSSR count). The zero-order chi connectivity index (χ0) is 12.4. The van der Waals surface area contributed by atoms with Gasteiger partial charge in [0.15, 0.2) is 5.78 Å². The highest BCUT2D eigenvalue weighted by Crippen LogP contribution is 2.36. The Morgan fingerprint density at radius 3 is 2.72 bits per heavy atom. The first kappa shape index (κ1) is 11.9. The maximum atomic E-state index is 12.3. The van der Waals surface area contributed by atoms with E-state index in [9.17, 15) is 4.79 Å². The molecule has 2 atom stereocenters. The molecule has 1 aliphatic heterocycles. The second kappa shape index (κ2) is 5.23. The zero-order valence-corrected chi connectivity index (χ0v) is 10.8. The van der Waals surface area contributed by atoms with Gasteiger partial charge in [-0.25, -0.2) is 0 Å². The van der Waals surface area contributed by atoms with Gasteiger partial charge in [-0.15, -0.1) is 0 Å². The smallest absolute Gasteiger partial charge is 0.176 e. The molecule has 0 aromatic heterocycles. The van der Waals surface area contributed by atoms with Gasteiger partial charge in [0.25, 0.3) is 0 Å². The van der Waals surface area contributed by atoms with Crippen molar-refractivity contribution >= 4 is 5.78 Å². The first-order valence-corrected chi connectivity index (χ1v) is 7.17. The Kier molecular flexibility index (Phi) is 3.46. The van der Waals surface area contributed by atoms with Crippen molar-refractivity contribution in [3.8, 4) is 0 Å². The SMILES string of the molecule is O=C(CN1CCCC2CCCC21)c1ccccc1. The van der Waals surface area contributed by atoms with Crippen LogP contribution in [0.2, 0.25) is 0 Å². The highest BCUT2D eigenvalue weighted by Gasteiger charge is 2.35. The number of rotatable bonds is 3. The summed E-state index contributed by atoms with van der Waals surface area (Å²) in [5.74, 6) is 1.14. The third-order valence-electron chi connectivity index (χ3n) is 4.55. The van der Waals surface area contributed by atoms with Crippen LogP contribution in [0.4, 0.5) is 0 Å². The van der Waals surface area contributed by atoms with Gasteiger partial charge in [0.2, 0.25) is 0 Å². The van der Waals surface area contributed by atoms with Crippen molar-refractivity contribution in [3.63, 3.8) is 0 Å². The van der Waals surface area contributed by atoms with Gasteiger partial charge in [0, 0.05) is 11.6 Å². The number of hydrogen-bond acceptors (Lipinski definition) is 2. The fraction of sp³-hybridized carbons (Fsp3) is 0.562. The third-order valence-corrected chi connectivity index (χ3v) is 4.55. The molecule has 2 aliphatic rings. The number of Topliss-reactive ketones (excluding diaryl/α,β-unsaturated/α-hetero) is 1. The average molecular weight is 243 g/mol. The molecule has 0 spiro atoms. The lowest BCUT2D eigenvalue weighted by atomic mass is 9.91. The van der Waals surface area contributed by atoms with Gasteiger partial charge in [-0.1, -0.05) is 36.8 Å². The average Bonchev–Trinajstić information content (AvgIpc) is 2.89. The van der Waals surface area contributed by atoms with Gasteiger partial charge in [-0.3, -0.25) is 9.69 Å². The van der Waals surface area contributed by atoms with Crippen LogP contribution in [-0.4, -0.2) is 29.8 Å². The van der Waals surface area contributed by atoms with E-state index < -0.39 is 0 Å². The number of benzene rings is 1. The van der Waals surface area contributed by atoms with E-state index in [0.717, 1.165) is 18.0 Å². The summed E-state index contributed by atoms with van der Waals surface area (Å²) in [5.41, 5.74) is 0.859. The number of fused-ring (bicyclic) bond motifs is 1. The Balaban J connectivity index is 1.67. The molecule has 2 fully saturated rings. The molecule has 1 saturated heterocycles. The summed E-state index contributed by atoms with van der Waals surface area (Å²) in [6, 6.07) is 10.4. The Hall–Kier alpha value is -1.15. The molecule has 96 valence electrons. The topological polar surface area (TPSA) is 20.3 Å². The number of nitrogens with zero attached hydrogens (tertiary/aromatic N) is 1. The van der Waals surface area contributed by atoms with Gasteiger partial charge in [-0.2, -0.15) is 0 Å². The largest absolute Gasteiger partial charge is 0.293 e. The molecule has 1 aromatic carbocycles. The summed E-state index contributed by atoms with van der Waals surface area (Å²) >= 11 is 0. The monoisotopic (exact) mass is 243 g/mol. The molecule has 1 saturated carbocycles. The van der Waals surface area contributed by atoms with Crippen LogP contribution < -0.4 is 0 Å². The molecular formula is C16H21NO. The standard InChI is InChI=1S/C16H21NO/c18-16(14-6-2-1-3-7-14)12-17-11-5-9-13-8-4-10-15(13)17/h1-3,6-7,13,15H,4-5,8-12H2. The molecule has 0 amide bonds. The lowest BCUT2D eigenvalue weighted by Gasteiger charge is -2.37. The molecule has 2 unspecified atom stereocenters. The fourth-order valence-electron chi connectivity index (χ4n) is 3.65. The number of carbonyl (C=O) groups excluding carboxylic acids is 1.